The number of hydrogen-bond donors (Lipinski definition) is 0. The zero-order chi connectivity index (χ0) is 36.1. The summed E-state index contributed by atoms with van der Waals surface area (Å²) in [6.07, 6.45) is -3.56. The molecular formula is C35H24F6N4O4. The molecule has 0 heterocycles. The van der Waals surface area contributed by atoms with Crippen molar-refractivity contribution in [3.8, 4) is 48.0 Å². The highest BCUT2D eigenvalue weighted by Gasteiger charge is 2.72. The lowest BCUT2D eigenvalue weighted by atomic mass is 9.73. The lowest BCUT2D eigenvalue weighted by Crippen LogP contribution is -2.54. The number of nitrogens with zero attached hydrogens (tertiary/aromatic N) is 4. The SMILES string of the molecule is CCCC(c1ccc(OC#N)cc1)c1ccc(OC#N)cc1.N#COc1ccc(C(c2ccc(OC#N)cc2)(C(F)(F)F)C(F)(F)F)cc1. The molecular weight excluding hydrogens is 654 g/mol. The third-order valence-corrected chi connectivity index (χ3v) is 7.22. The first kappa shape index (κ1) is 37.1. The molecule has 0 fully saturated rings. The Morgan fingerprint density at radius 3 is 0.980 bits per heavy atom. The van der Waals surface area contributed by atoms with Crippen LogP contribution in [0.5, 0.6) is 23.0 Å². The van der Waals surface area contributed by atoms with Crippen LogP contribution in [0.25, 0.3) is 0 Å². The van der Waals surface area contributed by atoms with Gasteiger partial charge in [0.1, 0.15) is 23.0 Å². The summed E-state index contributed by atoms with van der Waals surface area (Å²) in [7, 11) is 0. The highest BCUT2D eigenvalue weighted by molar-refractivity contribution is 5.47. The van der Waals surface area contributed by atoms with E-state index < -0.39 is 28.9 Å². The first-order chi connectivity index (χ1) is 23.4. The van der Waals surface area contributed by atoms with E-state index in [1.54, 1.807) is 36.8 Å². The third-order valence-electron chi connectivity index (χ3n) is 7.22. The molecule has 4 aromatic carbocycles. The Bertz CT molecular complexity index is 1700. The summed E-state index contributed by atoms with van der Waals surface area (Å²) in [4.78, 5) is 0. The topological polar surface area (TPSA) is 132 Å². The van der Waals surface area contributed by atoms with Gasteiger partial charge in [-0.3, -0.25) is 0 Å². The smallest absolute Gasteiger partial charge is 0.388 e. The molecule has 0 radical (unpaired) electrons. The molecule has 0 aliphatic carbocycles. The summed E-state index contributed by atoms with van der Waals surface area (Å²) in [5.74, 6) is 0.922. The van der Waals surface area contributed by atoms with E-state index in [0.29, 0.717) is 35.8 Å². The molecule has 0 N–H and O–H groups in total. The standard InChI is InChI=1S/C18H16N2O2.C17H8F6N2O2/c1-2-3-18(14-4-8-16(9-5-14)21-12-19)15-6-10-17(11-7-15)22-13-20;18-16(19,20)15(17(21,22)23,11-1-5-13(6-2-11)26-9-24)12-3-7-14(8-4-12)27-10-25/h4-11,18H,2-3H2,1H3;1-8H. The number of nitriles is 4. The fraction of sp³-hybridized carbons (Fsp3) is 0.200. The molecule has 0 aliphatic heterocycles. The van der Waals surface area contributed by atoms with Gasteiger partial charge in [-0.15, -0.1) is 21.0 Å². The van der Waals surface area contributed by atoms with Crippen molar-refractivity contribution in [2.24, 2.45) is 0 Å². The monoisotopic (exact) mass is 678 g/mol. The van der Waals surface area contributed by atoms with Gasteiger partial charge in [0.25, 0.3) is 25.0 Å². The maximum atomic E-state index is 13.9. The predicted octanol–water partition coefficient (Wildman–Crippen LogP) is 9.16. The van der Waals surface area contributed by atoms with Gasteiger partial charge in [-0.1, -0.05) is 61.9 Å². The van der Waals surface area contributed by atoms with Crippen LogP contribution in [0.1, 0.15) is 47.9 Å². The Balaban J connectivity index is 0.000000271. The second-order valence-electron chi connectivity index (χ2n) is 10.0. The first-order valence-corrected chi connectivity index (χ1v) is 14.1. The van der Waals surface area contributed by atoms with Crippen LogP contribution in [0.3, 0.4) is 0 Å². The Morgan fingerprint density at radius 2 is 0.755 bits per heavy atom. The van der Waals surface area contributed by atoms with Gasteiger partial charge < -0.3 is 18.9 Å². The number of halogens is 6. The van der Waals surface area contributed by atoms with Gasteiger partial charge in [0.05, 0.1) is 0 Å². The van der Waals surface area contributed by atoms with Crippen LogP contribution in [-0.4, -0.2) is 12.4 Å². The summed E-state index contributed by atoms with van der Waals surface area (Å²) in [5, 5.41) is 33.8. The molecule has 0 spiro atoms. The molecule has 4 rings (SSSR count). The predicted molar refractivity (Wildman–Crippen MR) is 160 cm³/mol. The normalized spacial score (nSPS) is 11.0. The number of ether oxygens (including phenoxy) is 4. The molecule has 14 heteroatoms. The largest absolute Gasteiger partial charge is 0.411 e. The van der Waals surface area contributed by atoms with Crippen molar-refractivity contribution in [1.82, 2.24) is 0 Å². The maximum absolute atomic E-state index is 13.9. The molecule has 8 nitrogen and oxygen atoms in total. The number of hydrogen-bond acceptors (Lipinski definition) is 8. The minimum absolute atomic E-state index is 0.211. The van der Waals surface area contributed by atoms with Gasteiger partial charge in [-0.2, -0.15) is 26.3 Å². The van der Waals surface area contributed by atoms with E-state index in [-0.39, 0.29) is 17.4 Å². The number of alkyl halides is 6. The minimum Gasteiger partial charge on any atom is -0.388 e. The van der Waals surface area contributed by atoms with Crippen LogP contribution in [0.15, 0.2) is 97.1 Å². The molecule has 0 saturated heterocycles. The Labute approximate surface area is 277 Å². The van der Waals surface area contributed by atoms with Crippen molar-refractivity contribution in [2.75, 3.05) is 0 Å². The van der Waals surface area contributed by atoms with Crippen molar-refractivity contribution < 1.29 is 45.3 Å². The van der Waals surface area contributed by atoms with Gasteiger partial charge >= 0.3 is 12.4 Å². The van der Waals surface area contributed by atoms with Crippen LogP contribution in [0.2, 0.25) is 0 Å². The summed E-state index contributed by atoms with van der Waals surface area (Å²) < 4.78 is 102. The van der Waals surface area contributed by atoms with Gasteiger partial charge in [0.15, 0.2) is 0 Å². The third kappa shape index (κ3) is 8.71. The summed E-state index contributed by atoms with van der Waals surface area (Å²) in [6, 6.07) is 20.8. The summed E-state index contributed by atoms with van der Waals surface area (Å²) >= 11 is 0. The van der Waals surface area contributed by atoms with Gasteiger partial charge in [-0.25, -0.2) is 0 Å². The fourth-order valence-corrected chi connectivity index (χ4v) is 5.09. The average Bonchev–Trinajstić information content (AvgIpc) is 3.06. The van der Waals surface area contributed by atoms with Crippen LogP contribution in [-0.2, 0) is 5.41 Å². The van der Waals surface area contributed by atoms with Crippen molar-refractivity contribution in [3.05, 3.63) is 119 Å². The Hall–Kier alpha value is -6.38. The van der Waals surface area contributed by atoms with Crippen molar-refractivity contribution in [2.45, 2.75) is 43.5 Å². The van der Waals surface area contributed by atoms with E-state index in [2.05, 4.69) is 16.4 Å². The first-order valence-electron chi connectivity index (χ1n) is 14.1. The molecule has 250 valence electrons. The van der Waals surface area contributed by atoms with Crippen LogP contribution in [0, 0.1) is 46.1 Å². The zero-order valence-electron chi connectivity index (χ0n) is 25.4. The Morgan fingerprint density at radius 1 is 0.490 bits per heavy atom. The number of rotatable bonds is 10. The van der Waals surface area contributed by atoms with Crippen molar-refractivity contribution >= 4 is 0 Å². The van der Waals surface area contributed by atoms with Crippen LogP contribution >= 0.6 is 0 Å². The minimum atomic E-state index is -5.75. The van der Waals surface area contributed by atoms with Gasteiger partial charge in [0, 0.05) is 5.92 Å². The quantitative estimate of drug-likeness (QED) is 0.120. The molecule has 0 saturated carbocycles. The summed E-state index contributed by atoms with van der Waals surface area (Å²) in [6.45, 7) is 2.15. The van der Waals surface area contributed by atoms with Crippen LogP contribution < -0.4 is 18.9 Å². The van der Waals surface area contributed by atoms with Gasteiger partial charge in [0.2, 0.25) is 5.41 Å². The Kier molecular flexibility index (Phi) is 12.4. The highest BCUT2D eigenvalue weighted by atomic mass is 19.4. The van der Waals surface area contributed by atoms with E-state index in [9.17, 15) is 26.3 Å². The second kappa shape index (κ2) is 16.4. The molecule has 0 bridgehead atoms. The highest BCUT2D eigenvalue weighted by Crippen LogP contribution is 2.56. The fourth-order valence-electron chi connectivity index (χ4n) is 5.09. The van der Waals surface area contributed by atoms with Crippen molar-refractivity contribution in [1.29, 1.82) is 21.0 Å². The van der Waals surface area contributed by atoms with E-state index in [1.807, 2.05) is 24.3 Å². The lowest BCUT2D eigenvalue weighted by molar-refractivity contribution is -0.288. The van der Waals surface area contributed by atoms with Gasteiger partial charge in [-0.05, 0) is 77.2 Å². The van der Waals surface area contributed by atoms with E-state index in [1.165, 1.54) is 23.6 Å². The second-order valence-corrected chi connectivity index (χ2v) is 10.0. The molecule has 0 unspecified atom stereocenters. The number of benzene rings is 4. The van der Waals surface area contributed by atoms with Crippen LogP contribution in [0.4, 0.5) is 26.3 Å². The van der Waals surface area contributed by atoms with E-state index >= 15 is 0 Å². The molecule has 4 aromatic rings. The zero-order valence-corrected chi connectivity index (χ0v) is 25.4. The molecule has 0 amide bonds. The van der Waals surface area contributed by atoms with E-state index in [0.717, 1.165) is 37.1 Å². The van der Waals surface area contributed by atoms with Crippen molar-refractivity contribution in [3.63, 3.8) is 0 Å². The van der Waals surface area contributed by atoms with E-state index in [4.69, 9.17) is 30.5 Å². The molecule has 49 heavy (non-hydrogen) atoms. The molecule has 0 atom stereocenters. The average molecular weight is 679 g/mol. The lowest BCUT2D eigenvalue weighted by Gasteiger charge is -2.38. The summed E-state index contributed by atoms with van der Waals surface area (Å²) in [5.41, 5.74) is -4.22. The molecule has 0 aliphatic rings. The molecule has 0 aromatic heterocycles. The maximum Gasteiger partial charge on any atom is 0.411 e.